The van der Waals surface area contributed by atoms with Crippen molar-refractivity contribution in [2.45, 2.75) is 12.3 Å². The summed E-state index contributed by atoms with van der Waals surface area (Å²) in [5.41, 5.74) is 14.1. The number of rotatable bonds is 8. The van der Waals surface area contributed by atoms with E-state index in [1.807, 2.05) is 42.5 Å². The van der Waals surface area contributed by atoms with Crippen molar-refractivity contribution in [2.75, 3.05) is 0 Å². The lowest BCUT2D eigenvalue weighted by Crippen LogP contribution is -2.29. The van der Waals surface area contributed by atoms with Crippen LogP contribution >= 0.6 is 0 Å². The van der Waals surface area contributed by atoms with Crippen molar-refractivity contribution in [1.82, 2.24) is 9.97 Å². The molecule has 0 N–H and O–H groups in total. The van der Waals surface area contributed by atoms with Gasteiger partial charge in [-0.3, -0.25) is 0 Å². The molecule has 0 saturated carbocycles. The highest BCUT2D eigenvalue weighted by atomic mass is 14.9. The van der Waals surface area contributed by atoms with Crippen LogP contribution in [0.25, 0.3) is 45.0 Å². The SMILES string of the molecule is C=C/C(=C\C1=C(C)c2ccccc2C1(c1ccccc1)c1ccccc1)c1ccc(-c2cc(-c3ccccc3)nc(-c3ccccc3)n2)cc1. The molecule has 0 unspecified atom stereocenters. The zero-order chi connectivity index (χ0) is 33.9. The normalized spacial score (nSPS) is 13.6. The van der Waals surface area contributed by atoms with E-state index in [1.54, 1.807) is 0 Å². The van der Waals surface area contributed by atoms with Gasteiger partial charge in [-0.2, -0.15) is 0 Å². The Morgan fingerprint density at radius 1 is 0.540 bits per heavy atom. The molecule has 1 aliphatic rings. The molecule has 0 atom stereocenters. The van der Waals surface area contributed by atoms with E-state index in [-0.39, 0.29) is 0 Å². The molecule has 0 amide bonds. The fraction of sp³-hybridized carbons (Fsp3) is 0.0417. The van der Waals surface area contributed by atoms with Gasteiger partial charge >= 0.3 is 0 Å². The number of allylic oxidation sites excluding steroid dienone is 5. The van der Waals surface area contributed by atoms with Gasteiger partial charge in [0.15, 0.2) is 5.82 Å². The van der Waals surface area contributed by atoms with Crippen molar-refractivity contribution in [3.05, 3.63) is 228 Å². The van der Waals surface area contributed by atoms with Gasteiger partial charge in [0, 0.05) is 16.7 Å². The average molecular weight is 641 g/mol. The summed E-state index contributed by atoms with van der Waals surface area (Å²) in [7, 11) is 0. The molecule has 6 aromatic carbocycles. The molecule has 8 rings (SSSR count). The van der Waals surface area contributed by atoms with Crippen LogP contribution < -0.4 is 0 Å². The monoisotopic (exact) mass is 640 g/mol. The highest BCUT2D eigenvalue weighted by Crippen LogP contribution is 2.55. The number of aromatic nitrogens is 2. The largest absolute Gasteiger partial charge is 0.228 e. The third kappa shape index (κ3) is 5.41. The van der Waals surface area contributed by atoms with Crippen LogP contribution in [0.4, 0.5) is 0 Å². The zero-order valence-corrected chi connectivity index (χ0v) is 28.0. The van der Waals surface area contributed by atoms with Gasteiger partial charge in [-0.05, 0) is 63.6 Å². The highest BCUT2D eigenvalue weighted by Gasteiger charge is 2.45. The Labute approximate surface area is 294 Å². The Bertz CT molecular complexity index is 2260. The minimum atomic E-state index is -0.472. The molecule has 7 aromatic rings. The zero-order valence-electron chi connectivity index (χ0n) is 28.0. The van der Waals surface area contributed by atoms with E-state index in [1.165, 1.54) is 33.4 Å². The number of nitrogens with zero attached hydrogens (tertiary/aromatic N) is 2. The number of hydrogen-bond acceptors (Lipinski definition) is 2. The standard InChI is InChI=1S/C48H36N2/c1-3-35(32-44-34(2)42-26-16-17-27-43(42)48(44,40-22-12-6-13-23-40)41-24-14-7-15-25-41)36-28-30-38(31-29-36)46-33-45(37-18-8-4-9-19-37)49-47(50-46)39-20-10-5-11-21-39/h3-33H,1H2,2H3/b35-32+. The van der Waals surface area contributed by atoms with Gasteiger partial charge in [-0.1, -0.05) is 183 Å². The molecule has 0 saturated heterocycles. The van der Waals surface area contributed by atoms with Crippen molar-refractivity contribution >= 4 is 11.1 Å². The lowest BCUT2D eigenvalue weighted by Gasteiger charge is -2.35. The summed E-state index contributed by atoms with van der Waals surface area (Å²) in [4.78, 5) is 10.0. The van der Waals surface area contributed by atoms with Crippen LogP contribution in [-0.4, -0.2) is 9.97 Å². The molecular weight excluding hydrogens is 605 g/mol. The Morgan fingerprint density at radius 3 is 1.58 bits per heavy atom. The van der Waals surface area contributed by atoms with Crippen molar-refractivity contribution in [3.8, 4) is 33.9 Å². The van der Waals surface area contributed by atoms with Crippen LogP contribution in [-0.2, 0) is 5.41 Å². The molecule has 2 nitrogen and oxygen atoms in total. The minimum absolute atomic E-state index is 0.472. The van der Waals surface area contributed by atoms with E-state index >= 15 is 0 Å². The third-order valence-corrected chi connectivity index (χ3v) is 9.82. The van der Waals surface area contributed by atoms with Crippen LogP contribution in [0.15, 0.2) is 200 Å². The molecule has 2 heteroatoms. The predicted octanol–water partition coefficient (Wildman–Crippen LogP) is 11.9. The van der Waals surface area contributed by atoms with Gasteiger partial charge in [0.25, 0.3) is 0 Å². The fourth-order valence-electron chi connectivity index (χ4n) is 7.41. The second-order valence-corrected chi connectivity index (χ2v) is 12.6. The topological polar surface area (TPSA) is 25.8 Å². The van der Waals surface area contributed by atoms with Gasteiger partial charge in [-0.25, -0.2) is 9.97 Å². The molecule has 0 fully saturated rings. The summed E-state index contributed by atoms with van der Waals surface area (Å²) in [6.07, 6.45) is 4.33. The van der Waals surface area contributed by atoms with Gasteiger partial charge in [0.05, 0.1) is 16.8 Å². The van der Waals surface area contributed by atoms with Crippen LogP contribution in [0.1, 0.15) is 34.7 Å². The van der Waals surface area contributed by atoms with Crippen LogP contribution in [0.3, 0.4) is 0 Å². The van der Waals surface area contributed by atoms with Crippen molar-refractivity contribution < 1.29 is 0 Å². The first-order chi connectivity index (χ1) is 24.7. The van der Waals surface area contributed by atoms with Crippen molar-refractivity contribution in [2.24, 2.45) is 0 Å². The van der Waals surface area contributed by atoms with E-state index in [4.69, 9.17) is 9.97 Å². The molecule has 1 heterocycles. The molecule has 0 spiro atoms. The fourth-order valence-corrected chi connectivity index (χ4v) is 7.41. The molecule has 0 bridgehead atoms. The Morgan fingerprint density at radius 2 is 1.02 bits per heavy atom. The molecule has 1 aliphatic carbocycles. The quantitative estimate of drug-likeness (QED) is 0.154. The van der Waals surface area contributed by atoms with Crippen molar-refractivity contribution in [1.29, 1.82) is 0 Å². The molecule has 0 radical (unpaired) electrons. The van der Waals surface area contributed by atoms with Gasteiger partial charge in [0.1, 0.15) is 0 Å². The summed E-state index contributed by atoms with van der Waals surface area (Å²) in [5, 5.41) is 0. The maximum atomic E-state index is 5.04. The Hall–Kier alpha value is -6.38. The predicted molar refractivity (Wildman–Crippen MR) is 208 cm³/mol. The first-order valence-corrected chi connectivity index (χ1v) is 17.0. The van der Waals surface area contributed by atoms with Crippen LogP contribution in [0, 0.1) is 0 Å². The van der Waals surface area contributed by atoms with Gasteiger partial charge in [0.2, 0.25) is 0 Å². The van der Waals surface area contributed by atoms with E-state index in [2.05, 4.69) is 159 Å². The summed E-state index contributed by atoms with van der Waals surface area (Å²) in [5.74, 6) is 0.707. The molecule has 0 aliphatic heterocycles. The molecule has 1 aromatic heterocycles. The summed E-state index contributed by atoms with van der Waals surface area (Å²) in [6, 6.07) is 61.9. The van der Waals surface area contributed by atoms with E-state index in [9.17, 15) is 0 Å². The first kappa shape index (κ1) is 30.9. The second kappa shape index (κ2) is 13.3. The second-order valence-electron chi connectivity index (χ2n) is 12.6. The summed E-state index contributed by atoms with van der Waals surface area (Å²) in [6.45, 7) is 6.56. The maximum absolute atomic E-state index is 5.04. The Balaban J connectivity index is 1.25. The first-order valence-electron chi connectivity index (χ1n) is 17.0. The average Bonchev–Trinajstić information content (AvgIpc) is 3.45. The van der Waals surface area contributed by atoms with E-state index in [0.29, 0.717) is 5.82 Å². The maximum Gasteiger partial charge on any atom is 0.160 e. The number of benzene rings is 6. The van der Waals surface area contributed by atoms with Crippen LogP contribution in [0.5, 0.6) is 0 Å². The lowest BCUT2D eigenvalue weighted by molar-refractivity contribution is 0.761. The number of fused-ring (bicyclic) bond motifs is 1. The minimum Gasteiger partial charge on any atom is -0.228 e. The van der Waals surface area contributed by atoms with Gasteiger partial charge in [-0.15, -0.1) is 0 Å². The molecular formula is C48H36N2. The smallest absolute Gasteiger partial charge is 0.160 e. The number of hydrogen-bond donors (Lipinski definition) is 0. The van der Waals surface area contributed by atoms with E-state index in [0.717, 1.165) is 39.2 Å². The molecule has 238 valence electrons. The third-order valence-electron chi connectivity index (χ3n) is 9.82. The van der Waals surface area contributed by atoms with Gasteiger partial charge < -0.3 is 0 Å². The summed E-state index contributed by atoms with van der Waals surface area (Å²) < 4.78 is 0. The summed E-state index contributed by atoms with van der Waals surface area (Å²) >= 11 is 0. The Kier molecular flexibility index (Phi) is 8.20. The lowest BCUT2D eigenvalue weighted by atomic mass is 9.66. The molecule has 50 heavy (non-hydrogen) atoms. The highest BCUT2D eigenvalue weighted by molar-refractivity contribution is 5.90. The van der Waals surface area contributed by atoms with Crippen molar-refractivity contribution in [3.63, 3.8) is 0 Å². The van der Waals surface area contributed by atoms with Crippen LogP contribution in [0.2, 0.25) is 0 Å². The van der Waals surface area contributed by atoms with E-state index < -0.39 is 5.41 Å².